The standard InChI is InChI=1S/C17H27N3O2/c1-13-9-16(11-18-14(13)2)17(21)19-10-15-5-7-20(12-15)6-4-8-22-3/h9,11,15H,4-8,10,12H2,1-3H3,(H,19,21)/t15-/m1/s1. The van der Waals surface area contributed by atoms with Crippen molar-refractivity contribution in [1.29, 1.82) is 0 Å². The maximum absolute atomic E-state index is 12.2. The molecule has 2 rings (SSSR count). The Hall–Kier alpha value is -1.46. The van der Waals surface area contributed by atoms with Crippen molar-refractivity contribution in [3.63, 3.8) is 0 Å². The number of carbonyl (C=O) groups is 1. The van der Waals surface area contributed by atoms with Gasteiger partial charge in [0, 0.05) is 45.2 Å². The van der Waals surface area contributed by atoms with Gasteiger partial charge in [0.25, 0.3) is 5.91 Å². The molecule has 0 aliphatic carbocycles. The van der Waals surface area contributed by atoms with E-state index < -0.39 is 0 Å². The molecule has 22 heavy (non-hydrogen) atoms. The molecule has 5 heteroatoms. The van der Waals surface area contributed by atoms with Crippen LogP contribution in [0.2, 0.25) is 0 Å². The Morgan fingerprint density at radius 1 is 1.50 bits per heavy atom. The van der Waals surface area contributed by atoms with Gasteiger partial charge in [-0.05, 0) is 50.8 Å². The lowest BCUT2D eigenvalue weighted by Gasteiger charge is -2.16. The number of carbonyl (C=O) groups excluding carboxylic acids is 1. The summed E-state index contributed by atoms with van der Waals surface area (Å²) in [7, 11) is 1.74. The van der Waals surface area contributed by atoms with E-state index in [1.54, 1.807) is 13.3 Å². The molecule has 1 atom stereocenters. The average Bonchev–Trinajstić information content (AvgIpc) is 2.96. The van der Waals surface area contributed by atoms with Gasteiger partial charge in [-0.25, -0.2) is 0 Å². The summed E-state index contributed by atoms with van der Waals surface area (Å²) in [4.78, 5) is 18.9. The first-order valence-electron chi connectivity index (χ1n) is 8.03. The second kappa shape index (κ2) is 8.25. The SMILES string of the molecule is COCCCN1CC[C@H](CNC(=O)c2cnc(C)c(C)c2)C1. The van der Waals surface area contributed by atoms with E-state index in [9.17, 15) is 4.79 Å². The summed E-state index contributed by atoms with van der Waals surface area (Å²) >= 11 is 0. The highest BCUT2D eigenvalue weighted by atomic mass is 16.5. The van der Waals surface area contributed by atoms with Crippen LogP contribution in [0.4, 0.5) is 0 Å². The average molecular weight is 305 g/mol. The molecular weight excluding hydrogens is 278 g/mol. The number of methoxy groups -OCH3 is 1. The van der Waals surface area contributed by atoms with Crippen LogP contribution in [0.15, 0.2) is 12.3 Å². The van der Waals surface area contributed by atoms with Crippen molar-refractivity contribution in [2.45, 2.75) is 26.7 Å². The minimum atomic E-state index is -0.0200. The minimum absolute atomic E-state index is 0.0200. The summed E-state index contributed by atoms with van der Waals surface area (Å²) in [5.74, 6) is 0.527. The third-order valence-corrected chi connectivity index (χ3v) is 4.35. The zero-order valence-corrected chi connectivity index (χ0v) is 13.9. The molecule has 1 amide bonds. The molecule has 1 saturated heterocycles. The minimum Gasteiger partial charge on any atom is -0.385 e. The molecule has 0 radical (unpaired) electrons. The number of likely N-dealkylation sites (tertiary alicyclic amines) is 1. The van der Waals surface area contributed by atoms with Crippen molar-refractivity contribution in [2.75, 3.05) is 39.9 Å². The molecule has 1 aromatic heterocycles. The Labute approximate surface area is 133 Å². The number of ether oxygens (including phenoxy) is 1. The lowest BCUT2D eigenvalue weighted by molar-refractivity contribution is 0.0947. The number of nitrogens with zero attached hydrogens (tertiary/aromatic N) is 2. The molecule has 122 valence electrons. The second-order valence-corrected chi connectivity index (χ2v) is 6.14. The number of amides is 1. The Morgan fingerprint density at radius 3 is 3.05 bits per heavy atom. The molecule has 1 aliphatic rings. The van der Waals surface area contributed by atoms with Gasteiger partial charge < -0.3 is 15.0 Å². The monoisotopic (exact) mass is 305 g/mol. The number of aryl methyl sites for hydroxylation is 2. The number of hydrogen-bond donors (Lipinski definition) is 1. The number of nitrogens with one attached hydrogen (secondary N) is 1. The van der Waals surface area contributed by atoms with Gasteiger partial charge in [0.1, 0.15) is 0 Å². The topological polar surface area (TPSA) is 54.5 Å². The molecule has 0 unspecified atom stereocenters. The first-order valence-corrected chi connectivity index (χ1v) is 8.03. The molecule has 0 bridgehead atoms. The van der Waals surface area contributed by atoms with E-state index in [2.05, 4.69) is 15.2 Å². The molecule has 1 aromatic rings. The van der Waals surface area contributed by atoms with Gasteiger partial charge in [-0.3, -0.25) is 9.78 Å². The van der Waals surface area contributed by atoms with E-state index >= 15 is 0 Å². The van der Waals surface area contributed by atoms with Gasteiger partial charge in [-0.15, -0.1) is 0 Å². The van der Waals surface area contributed by atoms with Crippen LogP contribution in [0.1, 0.15) is 34.5 Å². The Morgan fingerprint density at radius 2 is 2.32 bits per heavy atom. The fourth-order valence-electron chi connectivity index (χ4n) is 2.82. The van der Waals surface area contributed by atoms with Crippen LogP contribution < -0.4 is 5.32 Å². The van der Waals surface area contributed by atoms with Crippen molar-refractivity contribution in [2.24, 2.45) is 5.92 Å². The van der Waals surface area contributed by atoms with Gasteiger partial charge in [0.2, 0.25) is 0 Å². The molecule has 0 spiro atoms. The first-order chi connectivity index (χ1) is 10.6. The van der Waals surface area contributed by atoms with Gasteiger partial charge in [-0.2, -0.15) is 0 Å². The van der Waals surface area contributed by atoms with Crippen molar-refractivity contribution < 1.29 is 9.53 Å². The van der Waals surface area contributed by atoms with Crippen LogP contribution in [0.5, 0.6) is 0 Å². The van der Waals surface area contributed by atoms with Crippen LogP contribution in [-0.4, -0.2) is 55.7 Å². The highest BCUT2D eigenvalue weighted by Crippen LogP contribution is 2.15. The fraction of sp³-hybridized carbons (Fsp3) is 0.647. The number of hydrogen-bond acceptors (Lipinski definition) is 4. The van der Waals surface area contributed by atoms with Crippen molar-refractivity contribution >= 4 is 5.91 Å². The molecule has 1 N–H and O–H groups in total. The third-order valence-electron chi connectivity index (χ3n) is 4.35. The Balaban J connectivity index is 1.74. The summed E-state index contributed by atoms with van der Waals surface area (Å²) in [5, 5.41) is 3.05. The molecule has 5 nitrogen and oxygen atoms in total. The molecule has 1 fully saturated rings. The third kappa shape index (κ3) is 4.78. The van der Waals surface area contributed by atoms with Crippen LogP contribution in [-0.2, 0) is 4.74 Å². The summed E-state index contributed by atoms with van der Waals surface area (Å²) < 4.78 is 5.08. The molecular formula is C17H27N3O2. The predicted molar refractivity (Wildman–Crippen MR) is 87.1 cm³/mol. The summed E-state index contributed by atoms with van der Waals surface area (Å²) in [5.41, 5.74) is 2.68. The zero-order valence-electron chi connectivity index (χ0n) is 13.9. The number of aromatic nitrogens is 1. The van der Waals surface area contributed by atoms with Crippen molar-refractivity contribution in [3.8, 4) is 0 Å². The maximum atomic E-state index is 12.2. The van der Waals surface area contributed by atoms with Gasteiger partial charge >= 0.3 is 0 Å². The molecule has 0 saturated carbocycles. The predicted octanol–water partition coefficient (Wildman–Crippen LogP) is 1.79. The first kappa shape index (κ1) is 16.9. The van der Waals surface area contributed by atoms with Crippen LogP contribution in [0, 0.1) is 19.8 Å². The quantitative estimate of drug-likeness (QED) is 0.780. The van der Waals surface area contributed by atoms with E-state index in [0.29, 0.717) is 11.5 Å². The van der Waals surface area contributed by atoms with Gasteiger partial charge in [0.15, 0.2) is 0 Å². The summed E-state index contributed by atoms with van der Waals surface area (Å²) in [6.45, 7) is 8.76. The number of rotatable bonds is 7. The smallest absolute Gasteiger partial charge is 0.252 e. The lowest BCUT2D eigenvalue weighted by Crippen LogP contribution is -2.31. The van der Waals surface area contributed by atoms with E-state index in [1.807, 2.05) is 19.9 Å². The normalized spacial score (nSPS) is 18.6. The van der Waals surface area contributed by atoms with Crippen LogP contribution >= 0.6 is 0 Å². The zero-order chi connectivity index (χ0) is 15.9. The van der Waals surface area contributed by atoms with E-state index in [-0.39, 0.29) is 5.91 Å². The lowest BCUT2D eigenvalue weighted by atomic mass is 10.1. The van der Waals surface area contributed by atoms with Gasteiger partial charge in [-0.1, -0.05) is 0 Å². The Bertz CT molecular complexity index is 505. The largest absolute Gasteiger partial charge is 0.385 e. The Kier molecular flexibility index (Phi) is 6.34. The number of pyridine rings is 1. The highest BCUT2D eigenvalue weighted by molar-refractivity contribution is 5.94. The van der Waals surface area contributed by atoms with Crippen LogP contribution in [0.3, 0.4) is 0 Å². The van der Waals surface area contributed by atoms with Crippen molar-refractivity contribution in [3.05, 3.63) is 29.1 Å². The van der Waals surface area contributed by atoms with E-state index in [4.69, 9.17) is 4.74 Å². The highest BCUT2D eigenvalue weighted by Gasteiger charge is 2.22. The summed E-state index contributed by atoms with van der Waals surface area (Å²) in [6.07, 6.45) is 3.88. The maximum Gasteiger partial charge on any atom is 0.252 e. The molecule has 1 aliphatic heterocycles. The molecule has 2 heterocycles. The van der Waals surface area contributed by atoms with Crippen LogP contribution in [0.25, 0.3) is 0 Å². The second-order valence-electron chi connectivity index (χ2n) is 6.14. The van der Waals surface area contributed by atoms with E-state index in [0.717, 1.165) is 56.9 Å². The fourth-order valence-corrected chi connectivity index (χ4v) is 2.82. The van der Waals surface area contributed by atoms with Gasteiger partial charge in [0.05, 0.1) is 5.56 Å². The van der Waals surface area contributed by atoms with Crippen molar-refractivity contribution in [1.82, 2.24) is 15.2 Å². The summed E-state index contributed by atoms with van der Waals surface area (Å²) in [6, 6.07) is 1.91. The molecule has 0 aromatic carbocycles. The van der Waals surface area contributed by atoms with E-state index in [1.165, 1.54) is 0 Å².